The average Bonchev–Trinajstić information content (AvgIpc) is 3.13. The van der Waals surface area contributed by atoms with Gasteiger partial charge < -0.3 is 4.74 Å². The van der Waals surface area contributed by atoms with Crippen LogP contribution < -0.4 is 4.74 Å². The summed E-state index contributed by atoms with van der Waals surface area (Å²) in [5.41, 5.74) is 1.45. The van der Waals surface area contributed by atoms with Gasteiger partial charge in [-0.25, -0.2) is 0 Å². The number of rotatable bonds is 3. The second-order valence-electron chi connectivity index (χ2n) is 3.84. The van der Waals surface area contributed by atoms with Crippen LogP contribution in [-0.2, 0) is 5.41 Å². The number of benzene rings is 1. The Labute approximate surface area is 97.9 Å². The Bertz CT molecular complexity index is 357. The van der Waals surface area contributed by atoms with E-state index in [4.69, 9.17) is 10.00 Å². The van der Waals surface area contributed by atoms with Crippen LogP contribution in [0.25, 0.3) is 0 Å². The van der Waals surface area contributed by atoms with Crippen LogP contribution in [0, 0.1) is 11.3 Å². The fourth-order valence-corrected chi connectivity index (χ4v) is 1.81. The Kier molecular flexibility index (Phi) is 4.37. The summed E-state index contributed by atoms with van der Waals surface area (Å²) in [6.45, 7) is 4.00. The third-order valence-corrected chi connectivity index (χ3v) is 2.97. The molecule has 0 heterocycles. The summed E-state index contributed by atoms with van der Waals surface area (Å²) in [5.74, 6) is 0.876. The first-order valence-corrected chi connectivity index (χ1v) is 5.82. The van der Waals surface area contributed by atoms with Gasteiger partial charge in [-0.05, 0) is 30.5 Å². The van der Waals surface area contributed by atoms with Gasteiger partial charge in [0.2, 0.25) is 0 Å². The molecule has 0 atom stereocenters. The van der Waals surface area contributed by atoms with Gasteiger partial charge >= 0.3 is 0 Å². The molecule has 0 unspecified atom stereocenters. The molecule has 0 radical (unpaired) electrons. The average molecular weight is 217 g/mol. The number of hydrogen-bond donors (Lipinski definition) is 0. The highest BCUT2D eigenvalue weighted by Crippen LogP contribution is 2.50. The molecule has 2 rings (SSSR count). The van der Waals surface area contributed by atoms with Crippen LogP contribution in [0.1, 0.15) is 38.7 Å². The molecule has 1 saturated carbocycles. The summed E-state index contributed by atoms with van der Waals surface area (Å²) in [5, 5.41) is 8.73. The lowest BCUT2D eigenvalue weighted by Gasteiger charge is -2.11. The van der Waals surface area contributed by atoms with Crippen LogP contribution >= 0.6 is 0 Å². The zero-order chi connectivity index (χ0) is 12.0. The summed E-state index contributed by atoms with van der Waals surface area (Å²) in [4.78, 5) is 0. The molecule has 0 bridgehead atoms. The Morgan fingerprint density at radius 3 is 2.19 bits per heavy atom. The monoisotopic (exact) mass is 217 g/mol. The van der Waals surface area contributed by atoms with Crippen molar-refractivity contribution in [2.45, 2.75) is 38.5 Å². The fraction of sp³-hybridized carbons (Fsp3) is 0.500. The summed E-state index contributed by atoms with van der Waals surface area (Å²) < 4.78 is 5.10. The van der Waals surface area contributed by atoms with Gasteiger partial charge in [0.25, 0.3) is 0 Å². The van der Waals surface area contributed by atoms with Crippen molar-refractivity contribution in [1.29, 1.82) is 5.26 Å². The van der Waals surface area contributed by atoms with E-state index in [1.807, 2.05) is 26.0 Å². The Hall–Kier alpha value is -1.49. The number of hydrogen-bond acceptors (Lipinski definition) is 2. The van der Waals surface area contributed by atoms with E-state index in [2.05, 4.69) is 18.2 Å². The van der Waals surface area contributed by atoms with Gasteiger partial charge in [-0.15, -0.1) is 0 Å². The standard InChI is InChI=1S/C12H13NO.C2H6/c1-14-11-4-2-10(3-5-11)12(6-7-12)8-9-13;1-2/h2-5H,6-8H2,1H3;1-2H3. The van der Waals surface area contributed by atoms with Gasteiger partial charge in [-0.2, -0.15) is 5.26 Å². The van der Waals surface area contributed by atoms with E-state index in [-0.39, 0.29) is 5.41 Å². The second kappa shape index (κ2) is 5.55. The first kappa shape index (κ1) is 12.6. The lowest BCUT2D eigenvalue weighted by molar-refractivity contribution is 0.414. The topological polar surface area (TPSA) is 33.0 Å². The second-order valence-corrected chi connectivity index (χ2v) is 3.84. The predicted molar refractivity (Wildman–Crippen MR) is 65.5 cm³/mol. The van der Waals surface area contributed by atoms with Gasteiger partial charge in [-0.1, -0.05) is 26.0 Å². The maximum absolute atomic E-state index is 8.73. The van der Waals surface area contributed by atoms with Crippen LogP contribution in [0.2, 0.25) is 0 Å². The molecule has 0 aliphatic heterocycles. The molecule has 0 spiro atoms. The van der Waals surface area contributed by atoms with E-state index in [1.54, 1.807) is 7.11 Å². The third kappa shape index (κ3) is 2.55. The number of nitrogens with zero attached hydrogens (tertiary/aromatic N) is 1. The molecule has 1 aromatic carbocycles. The number of nitriles is 1. The van der Waals surface area contributed by atoms with Gasteiger partial charge in [0.1, 0.15) is 5.75 Å². The van der Waals surface area contributed by atoms with Crippen LogP contribution in [-0.4, -0.2) is 7.11 Å². The van der Waals surface area contributed by atoms with Crippen molar-refractivity contribution in [3.63, 3.8) is 0 Å². The van der Waals surface area contributed by atoms with E-state index in [0.29, 0.717) is 6.42 Å². The minimum atomic E-state index is 0.168. The SMILES string of the molecule is CC.COc1ccc(C2(CC#N)CC2)cc1. The van der Waals surface area contributed by atoms with Gasteiger partial charge in [0.15, 0.2) is 0 Å². The maximum atomic E-state index is 8.73. The summed E-state index contributed by atoms with van der Waals surface area (Å²) in [7, 11) is 1.66. The highest BCUT2D eigenvalue weighted by Gasteiger charge is 2.43. The molecule has 0 aromatic heterocycles. The quantitative estimate of drug-likeness (QED) is 0.774. The lowest BCUT2D eigenvalue weighted by Crippen LogP contribution is -2.04. The summed E-state index contributed by atoms with van der Waals surface area (Å²) in [6, 6.07) is 10.3. The normalized spacial score (nSPS) is 15.4. The fourth-order valence-electron chi connectivity index (χ4n) is 1.81. The van der Waals surface area contributed by atoms with E-state index in [1.165, 1.54) is 5.56 Å². The molecule has 86 valence electrons. The largest absolute Gasteiger partial charge is 0.497 e. The van der Waals surface area contributed by atoms with Gasteiger partial charge in [-0.3, -0.25) is 0 Å². The van der Waals surface area contributed by atoms with E-state index in [0.717, 1.165) is 18.6 Å². The van der Waals surface area contributed by atoms with E-state index in [9.17, 15) is 0 Å². The molecule has 0 amide bonds. The van der Waals surface area contributed by atoms with E-state index >= 15 is 0 Å². The van der Waals surface area contributed by atoms with Crippen molar-refractivity contribution in [3.8, 4) is 11.8 Å². The van der Waals surface area contributed by atoms with Crippen molar-refractivity contribution in [3.05, 3.63) is 29.8 Å². The minimum Gasteiger partial charge on any atom is -0.497 e. The van der Waals surface area contributed by atoms with Gasteiger partial charge in [0.05, 0.1) is 13.2 Å². The predicted octanol–water partition coefficient (Wildman–Crippen LogP) is 3.67. The smallest absolute Gasteiger partial charge is 0.118 e. The third-order valence-electron chi connectivity index (χ3n) is 2.97. The first-order chi connectivity index (χ1) is 7.80. The molecule has 0 N–H and O–H groups in total. The molecule has 1 fully saturated rings. The summed E-state index contributed by atoms with van der Waals surface area (Å²) >= 11 is 0. The lowest BCUT2D eigenvalue weighted by atomic mass is 9.93. The van der Waals surface area contributed by atoms with Gasteiger partial charge in [0, 0.05) is 11.8 Å². The van der Waals surface area contributed by atoms with Crippen LogP contribution in [0.3, 0.4) is 0 Å². The molecule has 1 aliphatic carbocycles. The van der Waals surface area contributed by atoms with Crippen LogP contribution in [0.5, 0.6) is 5.75 Å². The molecule has 2 heteroatoms. The molecule has 0 saturated heterocycles. The Morgan fingerprint density at radius 1 is 1.25 bits per heavy atom. The van der Waals surface area contributed by atoms with Crippen molar-refractivity contribution >= 4 is 0 Å². The Balaban J connectivity index is 0.000000606. The highest BCUT2D eigenvalue weighted by atomic mass is 16.5. The zero-order valence-corrected chi connectivity index (χ0v) is 10.3. The van der Waals surface area contributed by atoms with Crippen molar-refractivity contribution in [2.75, 3.05) is 7.11 Å². The molecule has 1 aromatic rings. The molecular formula is C14H19NO. The molecule has 16 heavy (non-hydrogen) atoms. The number of ether oxygens (including phenoxy) is 1. The van der Waals surface area contributed by atoms with Crippen molar-refractivity contribution in [2.24, 2.45) is 0 Å². The minimum absolute atomic E-state index is 0.168. The summed E-state index contributed by atoms with van der Waals surface area (Å²) in [6.07, 6.45) is 2.93. The maximum Gasteiger partial charge on any atom is 0.118 e. The van der Waals surface area contributed by atoms with Crippen molar-refractivity contribution < 1.29 is 4.74 Å². The first-order valence-electron chi connectivity index (χ1n) is 5.82. The highest BCUT2D eigenvalue weighted by molar-refractivity contribution is 5.36. The zero-order valence-electron chi connectivity index (χ0n) is 10.3. The molecular weight excluding hydrogens is 198 g/mol. The van der Waals surface area contributed by atoms with Crippen LogP contribution in [0.4, 0.5) is 0 Å². The molecule has 1 aliphatic rings. The Morgan fingerprint density at radius 2 is 1.81 bits per heavy atom. The van der Waals surface area contributed by atoms with E-state index < -0.39 is 0 Å². The van der Waals surface area contributed by atoms with Crippen LogP contribution in [0.15, 0.2) is 24.3 Å². The molecule has 2 nitrogen and oxygen atoms in total. The van der Waals surface area contributed by atoms with Crippen molar-refractivity contribution in [1.82, 2.24) is 0 Å². The number of methoxy groups -OCH3 is 1.